The molecule has 1 aromatic rings. The third-order valence-corrected chi connectivity index (χ3v) is 2.23. The predicted molar refractivity (Wildman–Crippen MR) is 63.2 cm³/mol. The Morgan fingerprint density at radius 3 is 2.71 bits per heavy atom. The van der Waals surface area contributed by atoms with E-state index in [1.807, 2.05) is 0 Å². The molecule has 17 heavy (non-hydrogen) atoms. The van der Waals surface area contributed by atoms with Gasteiger partial charge in [-0.1, -0.05) is 15.9 Å². The highest BCUT2D eigenvalue weighted by Gasteiger charge is 2.10. The maximum atomic E-state index is 11.1. The van der Waals surface area contributed by atoms with Crippen molar-refractivity contribution in [2.75, 3.05) is 20.3 Å². The Balaban J connectivity index is 2.71. The lowest BCUT2D eigenvalue weighted by atomic mass is 10.3. The number of non-ortho nitro benzene ring substituents is 1. The van der Waals surface area contributed by atoms with Gasteiger partial charge in [-0.05, 0) is 6.07 Å². The number of nitro groups is 1. The molecule has 0 aliphatic rings. The number of ketones is 1. The summed E-state index contributed by atoms with van der Waals surface area (Å²) in [5.41, 5.74) is -0.103. The predicted octanol–water partition coefficient (Wildman–Crippen LogP) is 1.95. The molecule has 0 aromatic heterocycles. The fourth-order valence-electron chi connectivity index (χ4n) is 1.10. The van der Waals surface area contributed by atoms with Gasteiger partial charge in [-0.25, -0.2) is 0 Å². The Bertz CT molecular complexity index is 435. The normalized spacial score (nSPS) is 10.0. The molecule has 0 fully saturated rings. The van der Waals surface area contributed by atoms with E-state index in [-0.39, 0.29) is 30.4 Å². The first-order valence-electron chi connectivity index (χ1n) is 4.61. The first-order valence-corrected chi connectivity index (χ1v) is 5.40. The minimum absolute atomic E-state index is 0.0455. The standard InChI is InChI=1S/C10H10BrNO5/c1-16-5-9(13)6-17-10-3-7(11)2-8(4-10)12(14)15/h2-4H,5-6H2,1H3. The van der Waals surface area contributed by atoms with Crippen LogP contribution in [0.5, 0.6) is 5.75 Å². The van der Waals surface area contributed by atoms with Crippen molar-refractivity contribution < 1.29 is 19.2 Å². The van der Waals surface area contributed by atoms with Crippen molar-refractivity contribution in [3.63, 3.8) is 0 Å². The molecule has 7 heteroatoms. The van der Waals surface area contributed by atoms with Crippen molar-refractivity contribution in [2.24, 2.45) is 0 Å². The van der Waals surface area contributed by atoms with Gasteiger partial charge in [0.2, 0.25) is 0 Å². The van der Waals surface area contributed by atoms with Gasteiger partial charge >= 0.3 is 0 Å². The van der Waals surface area contributed by atoms with Gasteiger partial charge in [-0.15, -0.1) is 0 Å². The van der Waals surface area contributed by atoms with Crippen molar-refractivity contribution >= 4 is 27.4 Å². The fraction of sp³-hybridized carbons (Fsp3) is 0.300. The van der Waals surface area contributed by atoms with Gasteiger partial charge in [-0.3, -0.25) is 14.9 Å². The van der Waals surface area contributed by atoms with Crippen molar-refractivity contribution in [1.82, 2.24) is 0 Å². The second kappa shape index (κ2) is 6.31. The van der Waals surface area contributed by atoms with Crippen LogP contribution < -0.4 is 4.74 Å². The zero-order chi connectivity index (χ0) is 12.8. The second-order valence-corrected chi connectivity index (χ2v) is 4.08. The highest BCUT2D eigenvalue weighted by Crippen LogP contribution is 2.26. The molecule has 0 radical (unpaired) electrons. The summed E-state index contributed by atoms with van der Waals surface area (Å²) >= 11 is 3.13. The molecule has 0 heterocycles. The van der Waals surface area contributed by atoms with Gasteiger partial charge in [0, 0.05) is 17.6 Å². The fourth-order valence-corrected chi connectivity index (χ4v) is 1.56. The van der Waals surface area contributed by atoms with Crippen LogP contribution in [-0.4, -0.2) is 31.0 Å². The molecule has 1 rings (SSSR count). The summed E-state index contributed by atoms with van der Waals surface area (Å²) in [5.74, 6) is 0.0191. The maximum Gasteiger partial charge on any atom is 0.274 e. The Hall–Kier alpha value is -1.47. The molecule has 0 spiro atoms. The highest BCUT2D eigenvalue weighted by atomic mass is 79.9. The van der Waals surface area contributed by atoms with Crippen LogP contribution in [-0.2, 0) is 9.53 Å². The van der Waals surface area contributed by atoms with E-state index in [2.05, 4.69) is 20.7 Å². The highest BCUT2D eigenvalue weighted by molar-refractivity contribution is 9.10. The number of rotatable bonds is 6. The maximum absolute atomic E-state index is 11.1. The van der Waals surface area contributed by atoms with Crippen molar-refractivity contribution in [1.29, 1.82) is 0 Å². The van der Waals surface area contributed by atoms with Gasteiger partial charge in [0.1, 0.15) is 19.0 Å². The number of hydrogen-bond acceptors (Lipinski definition) is 5. The molecule has 0 saturated heterocycles. The summed E-state index contributed by atoms with van der Waals surface area (Å²) in [6, 6.07) is 4.15. The summed E-state index contributed by atoms with van der Waals surface area (Å²) in [5, 5.41) is 10.6. The second-order valence-electron chi connectivity index (χ2n) is 3.16. The van der Waals surface area contributed by atoms with Crippen LogP contribution in [0.1, 0.15) is 0 Å². The number of ether oxygens (including phenoxy) is 2. The molecule has 92 valence electrons. The van der Waals surface area contributed by atoms with Gasteiger partial charge in [0.05, 0.1) is 11.0 Å². The molecule has 0 aliphatic carbocycles. The molecule has 1 aromatic carbocycles. The van der Waals surface area contributed by atoms with Crippen LogP contribution in [0.25, 0.3) is 0 Å². The average Bonchev–Trinajstić information content (AvgIpc) is 2.26. The first kappa shape index (κ1) is 13.6. The first-order chi connectivity index (χ1) is 8.02. The number of Topliss-reactive ketones (excluding diaryl/α,β-unsaturated/α-hetero) is 1. The molecule has 0 amide bonds. The Morgan fingerprint density at radius 1 is 1.41 bits per heavy atom. The van der Waals surface area contributed by atoms with Crippen molar-refractivity contribution in [2.45, 2.75) is 0 Å². The number of nitrogens with zero attached hydrogens (tertiary/aromatic N) is 1. The largest absolute Gasteiger partial charge is 0.485 e. The Morgan fingerprint density at radius 2 is 2.12 bits per heavy atom. The van der Waals surface area contributed by atoms with Crippen LogP contribution in [0, 0.1) is 10.1 Å². The van der Waals surface area contributed by atoms with Crippen LogP contribution >= 0.6 is 15.9 Å². The molecule has 0 atom stereocenters. The number of hydrogen-bond donors (Lipinski definition) is 0. The van der Waals surface area contributed by atoms with Crippen molar-refractivity contribution in [3.05, 3.63) is 32.8 Å². The number of halogens is 1. The minimum Gasteiger partial charge on any atom is -0.485 e. The molecule has 0 aliphatic heterocycles. The number of nitro benzene ring substituents is 1. The van der Waals surface area contributed by atoms with Gasteiger partial charge < -0.3 is 9.47 Å². The van der Waals surface area contributed by atoms with E-state index >= 15 is 0 Å². The van der Waals surface area contributed by atoms with E-state index in [4.69, 9.17) is 4.74 Å². The van der Waals surface area contributed by atoms with E-state index in [1.54, 1.807) is 6.07 Å². The smallest absolute Gasteiger partial charge is 0.274 e. The molecule has 0 unspecified atom stereocenters. The average molecular weight is 304 g/mol. The van der Waals surface area contributed by atoms with Crippen LogP contribution in [0.4, 0.5) is 5.69 Å². The topological polar surface area (TPSA) is 78.7 Å². The van der Waals surface area contributed by atoms with E-state index in [0.717, 1.165) is 0 Å². The minimum atomic E-state index is -0.533. The van der Waals surface area contributed by atoms with Gasteiger partial charge in [0.25, 0.3) is 5.69 Å². The quantitative estimate of drug-likeness (QED) is 0.593. The SMILES string of the molecule is COCC(=O)COc1cc(Br)cc([N+](=O)[O-])c1. The van der Waals surface area contributed by atoms with E-state index in [1.165, 1.54) is 19.2 Å². The van der Waals surface area contributed by atoms with E-state index in [0.29, 0.717) is 4.47 Å². The van der Waals surface area contributed by atoms with Crippen LogP contribution in [0.2, 0.25) is 0 Å². The number of methoxy groups -OCH3 is 1. The summed E-state index contributed by atoms with van der Waals surface area (Å²) in [7, 11) is 1.40. The zero-order valence-corrected chi connectivity index (χ0v) is 10.6. The van der Waals surface area contributed by atoms with Crippen molar-refractivity contribution in [3.8, 4) is 5.75 Å². The molecular weight excluding hydrogens is 294 g/mol. The summed E-state index contributed by atoms with van der Waals surface area (Å²) < 4.78 is 10.3. The molecule has 6 nitrogen and oxygen atoms in total. The third-order valence-electron chi connectivity index (χ3n) is 1.77. The summed E-state index contributed by atoms with van der Waals surface area (Å²) in [6.07, 6.45) is 0. The molecule has 0 N–H and O–H groups in total. The Labute approximate surface area is 106 Å². The lowest BCUT2D eigenvalue weighted by molar-refractivity contribution is -0.385. The molecule has 0 saturated carbocycles. The number of benzene rings is 1. The number of carbonyl (C=O) groups is 1. The van der Waals surface area contributed by atoms with Crippen LogP contribution in [0.15, 0.2) is 22.7 Å². The monoisotopic (exact) mass is 303 g/mol. The third kappa shape index (κ3) is 4.49. The Kier molecular flexibility index (Phi) is 5.05. The van der Waals surface area contributed by atoms with Gasteiger partial charge in [-0.2, -0.15) is 0 Å². The zero-order valence-electron chi connectivity index (χ0n) is 9.01. The molecular formula is C10H10BrNO5. The van der Waals surface area contributed by atoms with Crippen LogP contribution in [0.3, 0.4) is 0 Å². The van der Waals surface area contributed by atoms with E-state index in [9.17, 15) is 14.9 Å². The lowest BCUT2D eigenvalue weighted by Crippen LogP contribution is -2.16. The number of carbonyl (C=O) groups excluding carboxylic acids is 1. The summed E-state index contributed by atoms with van der Waals surface area (Å²) in [6.45, 7) is -0.225. The summed E-state index contributed by atoms with van der Waals surface area (Å²) in [4.78, 5) is 21.2. The van der Waals surface area contributed by atoms with Gasteiger partial charge in [0.15, 0.2) is 5.78 Å². The lowest BCUT2D eigenvalue weighted by Gasteiger charge is -2.05. The molecule has 0 bridgehead atoms. The van der Waals surface area contributed by atoms with E-state index < -0.39 is 4.92 Å².